The third-order valence-corrected chi connectivity index (χ3v) is 3.56. The van der Waals surface area contributed by atoms with Crippen molar-refractivity contribution >= 4 is 5.91 Å². The molecule has 1 aromatic heterocycles. The molecule has 1 N–H and O–H groups in total. The van der Waals surface area contributed by atoms with Crippen LogP contribution >= 0.6 is 0 Å². The number of amides is 1. The second kappa shape index (κ2) is 4.92. The average molecular weight is 237 g/mol. The molecule has 0 saturated heterocycles. The van der Waals surface area contributed by atoms with Crippen LogP contribution in [0.2, 0.25) is 0 Å². The summed E-state index contributed by atoms with van der Waals surface area (Å²) in [5, 5.41) is 10.2. The average Bonchev–Trinajstić information content (AvgIpc) is 2.96. The summed E-state index contributed by atoms with van der Waals surface area (Å²) < 4.78 is 4.89. The van der Waals surface area contributed by atoms with E-state index >= 15 is 0 Å². The van der Waals surface area contributed by atoms with Crippen molar-refractivity contribution in [2.24, 2.45) is 0 Å². The van der Waals surface area contributed by atoms with Crippen LogP contribution in [0.1, 0.15) is 42.5 Å². The van der Waals surface area contributed by atoms with Crippen molar-refractivity contribution in [3.05, 3.63) is 24.2 Å². The van der Waals surface area contributed by atoms with Crippen LogP contribution in [0.25, 0.3) is 0 Å². The summed E-state index contributed by atoms with van der Waals surface area (Å²) in [5.74, 6) is -0.0552. The highest BCUT2D eigenvalue weighted by Crippen LogP contribution is 2.32. The van der Waals surface area contributed by atoms with E-state index in [1.54, 1.807) is 18.0 Å². The number of aliphatic hydroxyl groups is 1. The number of rotatable bonds is 4. The van der Waals surface area contributed by atoms with E-state index in [-0.39, 0.29) is 5.91 Å². The zero-order valence-electron chi connectivity index (χ0n) is 10.2. The van der Waals surface area contributed by atoms with Gasteiger partial charge in [0.05, 0.1) is 17.4 Å². The lowest BCUT2D eigenvalue weighted by Gasteiger charge is -2.25. The summed E-state index contributed by atoms with van der Waals surface area (Å²) >= 11 is 0. The molecule has 0 radical (unpaired) electrons. The maximum Gasteiger partial charge on any atom is 0.256 e. The summed E-state index contributed by atoms with van der Waals surface area (Å²) in [6.45, 7) is 0.584. The van der Waals surface area contributed by atoms with Crippen molar-refractivity contribution in [2.45, 2.75) is 37.7 Å². The van der Waals surface area contributed by atoms with Gasteiger partial charge in [-0.1, -0.05) is 12.8 Å². The van der Waals surface area contributed by atoms with E-state index in [9.17, 15) is 9.90 Å². The third kappa shape index (κ3) is 2.88. The molecule has 0 spiro atoms. The summed E-state index contributed by atoms with van der Waals surface area (Å²) in [5.41, 5.74) is 0.0104. The molecule has 0 bridgehead atoms. The molecule has 1 aromatic rings. The lowest BCUT2D eigenvalue weighted by Crippen LogP contribution is -2.34. The fraction of sp³-hybridized carbons (Fsp3) is 0.615. The molecule has 17 heavy (non-hydrogen) atoms. The first-order valence-corrected chi connectivity index (χ1v) is 6.11. The predicted molar refractivity (Wildman–Crippen MR) is 63.7 cm³/mol. The number of carbonyl (C=O) groups is 1. The Morgan fingerprint density at radius 2 is 2.24 bits per heavy atom. The fourth-order valence-electron chi connectivity index (χ4n) is 2.37. The first kappa shape index (κ1) is 12.2. The molecule has 0 atom stereocenters. The standard InChI is InChI=1S/C13H19NO3/c1-14(12(15)11-4-9-17-10-11)8-7-13(16)5-2-3-6-13/h4,9-10,16H,2-3,5-8H2,1H3. The van der Waals surface area contributed by atoms with Gasteiger partial charge < -0.3 is 14.4 Å². The number of furan rings is 1. The Balaban J connectivity index is 1.85. The number of hydrogen-bond donors (Lipinski definition) is 1. The molecule has 1 aliphatic rings. The molecule has 0 unspecified atom stereocenters. The first-order chi connectivity index (χ1) is 8.11. The molecule has 0 aromatic carbocycles. The van der Waals surface area contributed by atoms with Crippen LogP contribution in [0.4, 0.5) is 0 Å². The van der Waals surface area contributed by atoms with Crippen molar-refractivity contribution in [1.82, 2.24) is 4.90 Å². The van der Waals surface area contributed by atoms with Gasteiger partial charge in [-0.05, 0) is 25.3 Å². The van der Waals surface area contributed by atoms with Gasteiger partial charge in [0.2, 0.25) is 0 Å². The molecule has 1 heterocycles. The van der Waals surface area contributed by atoms with E-state index < -0.39 is 5.60 Å². The zero-order valence-corrected chi connectivity index (χ0v) is 10.2. The molecule has 1 amide bonds. The van der Waals surface area contributed by atoms with Crippen molar-refractivity contribution in [3.8, 4) is 0 Å². The molecule has 4 heteroatoms. The van der Waals surface area contributed by atoms with Crippen molar-refractivity contribution in [1.29, 1.82) is 0 Å². The topological polar surface area (TPSA) is 53.7 Å². The van der Waals surface area contributed by atoms with Crippen LogP contribution in [-0.4, -0.2) is 35.1 Å². The van der Waals surface area contributed by atoms with Crippen LogP contribution in [0.15, 0.2) is 23.0 Å². The second-order valence-electron chi connectivity index (χ2n) is 4.92. The van der Waals surface area contributed by atoms with E-state index in [2.05, 4.69) is 0 Å². The lowest BCUT2D eigenvalue weighted by molar-refractivity contribution is 0.0296. The number of hydrogen-bond acceptors (Lipinski definition) is 3. The molecule has 0 aliphatic heterocycles. The minimum absolute atomic E-state index is 0.0552. The van der Waals surface area contributed by atoms with Crippen LogP contribution in [-0.2, 0) is 0 Å². The van der Waals surface area contributed by atoms with E-state index in [0.29, 0.717) is 18.5 Å². The highest BCUT2D eigenvalue weighted by Gasteiger charge is 2.31. The van der Waals surface area contributed by atoms with Gasteiger partial charge >= 0.3 is 0 Å². The largest absolute Gasteiger partial charge is 0.472 e. The minimum Gasteiger partial charge on any atom is -0.472 e. The molecule has 1 fully saturated rings. The molecular formula is C13H19NO3. The quantitative estimate of drug-likeness (QED) is 0.872. The number of nitrogens with zero attached hydrogens (tertiary/aromatic N) is 1. The SMILES string of the molecule is CN(CCC1(O)CCCC1)C(=O)c1ccoc1. The van der Waals surface area contributed by atoms with Gasteiger partial charge in [-0.2, -0.15) is 0 Å². The summed E-state index contributed by atoms with van der Waals surface area (Å²) in [7, 11) is 1.76. The summed E-state index contributed by atoms with van der Waals surface area (Å²) in [6.07, 6.45) is 7.51. The second-order valence-corrected chi connectivity index (χ2v) is 4.92. The minimum atomic E-state index is -0.551. The highest BCUT2D eigenvalue weighted by molar-refractivity contribution is 5.93. The van der Waals surface area contributed by atoms with Gasteiger partial charge in [0.15, 0.2) is 0 Å². The van der Waals surface area contributed by atoms with Gasteiger partial charge in [0.25, 0.3) is 5.91 Å². The van der Waals surface area contributed by atoms with Crippen molar-refractivity contribution in [3.63, 3.8) is 0 Å². The molecule has 94 valence electrons. The van der Waals surface area contributed by atoms with E-state index in [1.165, 1.54) is 12.5 Å². The van der Waals surface area contributed by atoms with Gasteiger partial charge in [0.1, 0.15) is 6.26 Å². The highest BCUT2D eigenvalue weighted by atomic mass is 16.3. The smallest absolute Gasteiger partial charge is 0.256 e. The Labute approximate surface area is 101 Å². The Kier molecular flexibility index (Phi) is 3.52. The monoisotopic (exact) mass is 237 g/mol. The normalized spacial score (nSPS) is 18.2. The van der Waals surface area contributed by atoms with Gasteiger partial charge in [-0.15, -0.1) is 0 Å². The Morgan fingerprint density at radius 3 is 2.82 bits per heavy atom. The van der Waals surface area contributed by atoms with Gasteiger partial charge in [0, 0.05) is 13.6 Å². The van der Waals surface area contributed by atoms with Crippen molar-refractivity contribution < 1.29 is 14.3 Å². The summed E-state index contributed by atoms with van der Waals surface area (Å²) in [4.78, 5) is 13.5. The Morgan fingerprint density at radius 1 is 1.53 bits per heavy atom. The van der Waals surface area contributed by atoms with Gasteiger partial charge in [-0.3, -0.25) is 4.79 Å². The van der Waals surface area contributed by atoms with Gasteiger partial charge in [-0.25, -0.2) is 0 Å². The van der Waals surface area contributed by atoms with Crippen molar-refractivity contribution in [2.75, 3.05) is 13.6 Å². The van der Waals surface area contributed by atoms with Crippen LogP contribution in [0, 0.1) is 0 Å². The molecular weight excluding hydrogens is 218 g/mol. The predicted octanol–water partition coefficient (Wildman–Crippen LogP) is 2.05. The van der Waals surface area contributed by atoms with Crippen LogP contribution < -0.4 is 0 Å². The molecule has 2 rings (SSSR count). The van der Waals surface area contributed by atoms with E-state index in [1.807, 2.05) is 0 Å². The fourth-order valence-corrected chi connectivity index (χ4v) is 2.37. The van der Waals surface area contributed by atoms with E-state index in [0.717, 1.165) is 25.7 Å². The molecule has 1 aliphatic carbocycles. The Hall–Kier alpha value is -1.29. The molecule has 4 nitrogen and oxygen atoms in total. The third-order valence-electron chi connectivity index (χ3n) is 3.56. The maximum absolute atomic E-state index is 11.9. The zero-order chi connectivity index (χ0) is 12.3. The van der Waals surface area contributed by atoms with E-state index in [4.69, 9.17) is 4.42 Å². The first-order valence-electron chi connectivity index (χ1n) is 6.11. The Bertz CT molecular complexity index is 366. The molecule has 1 saturated carbocycles. The lowest BCUT2D eigenvalue weighted by atomic mass is 9.98. The van der Waals surface area contributed by atoms with Crippen LogP contribution in [0.5, 0.6) is 0 Å². The van der Waals surface area contributed by atoms with Crippen LogP contribution in [0.3, 0.4) is 0 Å². The summed E-state index contributed by atoms with van der Waals surface area (Å²) in [6, 6.07) is 1.66. The number of carbonyl (C=O) groups excluding carboxylic acids is 1. The maximum atomic E-state index is 11.9.